The molecule has 0 spiro atoms. The SMILES string of the molecule is C[C@H](NCl)C(=O)O.N. The second-order valence-electron chi connectivity index (χ2n) is 1.17. The summed E-state index contributed by atoms with van der Waals surface area (Å²) in [6.45, 7) is 1.45. The molecule has 5 heteroatoms. The molecule has 0 radical (unpaired) electrons. The quantitative estimate of drug-likeness (QED) is 0.484. The summed E-state index contributed by atoms with van der Waals surface area (Å²) < 4.78 is 0. The number of hydrogen-bond acceptors (Lipinski definition) is 3. The third-order valence-corrected chi connectivity index (χ3v) is 0.861. The zero-order chi connectivity index (χ0) is 5.86. The Bertz CT molecular complexity index is 77.7. The van der Waals surface area contributed by atoms with Crippen LogP contribution in [0.25, 0.3) is 0 Å². The molecule has 0 aliphatic heterocycles. The van der Waals surface area contributed by atoms with Crippen LogP contribution in [-0.2, 0) is 4.79 Å². The van der Waals surface area contributed by atoms with Crippen LogP contribution in [0.1, 0.15) is 6.92 Å². The Hall–Kier alpha value is -0.320. The third kappa shape index (κ3) is 3.86. The topological polar surface area (TPSA) is 84.3 Å². The average molecular weight is 141 g/mol. The molecule has 0 aromatic carbocycles. The molecule has 8 heavy (non-hydrogen) atoms. The molecule has 50 valence electrons. The van der Waals surface area contributed by atoms with Gasteiger partial charge in [0.25, 0.3) is 0 Å². The summed E-state index contributed by atoms with van der Waals surface area (Å²) >= 11 is 4.92. The molecule has 0 aromatic rings. The molecular weight excluding hydrogens is 131 g/mol. The molecular formula is C3H9ClN2O2. The number of aliphatic carboxylic acids is 1. The van der Waals surface area contributed by atoms with E-state index in [-0.39, 0.29) is 6.15 Å². The number of carboxylic acid groups (broad SMARTS) is 1. The van der Waals surface area contributed by atoms with E-state index in [0.717, 1.165) is 0 Å². The van der Waals surface area contributed by atoms with Gasteiger partial charge in [0.2, 0.25) is 0 Å². The van der Waals surface area contributed by atoms with Crippen molar-refractivity contribution >= 4 is 17.7 Å². The maximum absolute atomic E-state index is 9.78. The molecule has 0 unspecified atom stereocenters. The zero-order valence-corrected chi connectivity index (χ0v) is 5.27. The van der Waals surface area contributed by atoms with E-state index in [2.05, 4.69) is 0 Å². The number of hydrogen-bond donors (Lipinski definition) is 3. The summed E-state index contributed by atoms with van der Waals surface area (Å²) in [4.78, 5) is 11.8. The van der Waals surface area contributed by atoms with Gasteiger partial charge in [0.15, 0.2) is 0 Å². The predicted molar refractivity (Wildman–Crippen MR) is 31.1 cm³/mol. The predicted octanol–water partition coefficient (Wildman–Crippen LogP) is 0.365. The normalized spacial score (nSPS) is 11.8. The average Bonchev–Trinajstić information content (AvgIpc) is 1.65. The van der Waals surface area contributed by atoms with Gasteiger partial charge in [-0.05, 0) is 18.7 Å². The van der Waals surface area contributed by atoms with Crippen molar-refractivity contribution in [2.75, 3.05) is 0 Å². The van der Waals surface area contributed by atoms with Crippen molar-refractivity contribution in [3.63, 3.8) is 0 Å². The van der Waals surface area contributed by atoms with Gasteiger partial charge in [0, 0.05) is 0 Å². The van der Waals surface area contributed by atoms with Crippen LogP contribution >= 0.6 is 11.8 Å². The fraction of sp³-hybridized carbons (Fsp3) is 0.667. The standard InChI is InChI=1S/C3H6ClNO2.H3N/c1-2(5-4)3(6)7;/h2,5H,1H3,(H,6,7);1H3/t2-;/m0./s1. The number of carbonyl (C=O) groups is 1. The third-order valence-electron chi connectivity index (χ3n) is 0.534. The maximum Gasteiger partial charge on any atom is 0.321 e. The molecule has 0 amide bonds. The minimum atomic E-state index is -0.949. The number of rotatable bonds is 2. The monoisotopic (exact) mass is 140 g/mol. The Kier molecular flexibility index (Phi) is 6.41. The highest BCUT2D eigenvalue weighted by Gasteiger charge is 2.05. The molecule has 0 saturated heterocycles. The lowest BCUT2D eigenvalue weighted by Gasteiger charge is -1.97. The minimum Gasteiger partial charge on any atom is -0.480 e. The fourth-order valence-corrected chi connectivity index (χ4v) is 0.140. The van der Waals surface area contributed by atoms with Crippen LogP contribution in [0.5, 0.6) is 0 Å². The Balaban J connectivity index is 0. The summed E-state index contributed by atoms with van der Waals surface area (Å²) in [7, 11) is 0. The number of halogens is 1. The van der Waals surface area contributed by atoms with Crippen LogP contribution in [0.2, 0.25) is 0 Å². The van der Waals surface area contributed by atoms with Crippen LogP contribution in [0.4, 0.5) is 0 Å². The molecule has 0 heterocycles. The Labute approximate surface area is 52.5 Å². The van der Waals surface area contributed by atoms with Gasteiger partial charge < -0.3 is 11.3 Å². The molecule has 0 saturated carbocycles. The Morgan fingerprint density at radius 3 is 2.25 bits per heavy atom. The first kappa shape index (κ1) is 10.6. The summed E-state index contributed by atoms with van der Waals surface area (Å²) in [6, 6.07) is -0.665. The van der Waals surface area contributed by atoms with Crippen LogP contribution in [0.3, 0.4) is 0 Å². The first-order chi connectivity index (χ1) is 3.18. The summed E-state index contributed by atoms with van der Waals surface area (Å²) in [5.74, 6) is -0.949. The lowest BCUT2D eigenvalue weighted by molar-refractivity contribution is -0.138. The lowest BCUT2D eigenvalue weighted by Crippen LogP contribution is -2.26. The van der Waals surface area contributed by atoms with Crippen LogP contribution in [0, 0.1) is 0 Å². The summed E-state index contributed by atoms with van der Waals surface area (Å²) in [5.41, 5.74) is 0. The highest BCUT2D eigenvalue weighted by molar-refractivity contribution is 6.14. The van der Waals surface area contributed by atoms with E-state index in [1.807, 2.05) is 4.84 Å². The first-order valence-electron chi connectivity index (χ1n) is 1.77. The van der Waals surface area contributed by atoms with E-state index in [0.29, 0.717) is 0 Å². The van der Waals surface area contributed by atoms with Crippen LogP contribution < -0.4 is 11.0 Å². The minimum absolute atomic E-state index is 0. The molecule has 0 bridgehead atoms. The van der Waals surface area contributed by atoms with Crippen molar-refractivity contribution in [3.8, 4) is 0 Å². The molecule has 0 rings (SSSR count). The van der Waals surface area contributed by atoms with Gasteiger partial charge in [0.05, 0.1) is 0 Å². The second-order valence-corrected chi connectivity index (χ2v) is 1.39. The molecule has 0 fully saturated rings. The van der Waals surface area contributed by atoms with Gasteiger partial charge in [0.1, 0.15) is 6.04 Å². The van der Waals surface area contributed by atoms with E-state index < -0.39 is 12.0 Å². The lowest BCUT2D eigenvalue weighted by atomic mass is 10.4. The highest BCUT2D eigenvalue weighted by atomic mass is 35.5. The van der Waals surface area contributed by atoms with Crippen molar-refractivity contribution in [2.24, 2.45) is 0 Å². The molecule has 0 aliphatic carbocycles. The van der Waals surface area contributed by atoms with Crippen molar-refractivity contribution in [2.45, 2.75) is 13.0 Å². The zero-order valence-electron chi connectivity index (χ0n) is 4.52. The van der Waals surface area contributed by atoms with Gasteiger partial charge in [-0.3, -0.25) is 4.79 Å². The van der Waals surface area contributed by atoms with Gasteiger partial charge in [-0.25, -0.2) is 4.84 Å². The van der Waals surface area contributed by atoms with Crippen molar-refractivity contribution in [1.82, 2.24) is 11.0 Å². The molecule has 4 nitrogen and oxygen atoms in total. The van der Waals surface area contributed by atoms with Gasteiger partial charge in [-0.2, -0.15) is 0 Å². The second kappa shape index (κ2) is 4.83. The molecule has 1 atom stereocenters. The van der Waals surface area contributed by atoms with Gasteiger partial charge >= 0.3 is 5.97 Å². The smallest absolute Gasteiger partial charge is 0.321 e. The van der Waals surface area contributed by atoms with Crippen LogP contribution in [-0.4, -0.2) is 17.1 Å². The van der Waals surface area contributed by atoms with E-state index in [1.165, 1.54) is 6.92 Å². The number of nitrogens with one attached hydrogen (secondary N) is 1. The van der Waals surface area contributed by atoms with Crippen LogP contribution in [0.15, 0.2) is 0 Å². The van der Waals surface area contributed by atoms with E-state index in [1.54, 1.807) is 0 Å². The summed E-state index contributed by atoms with van der Waals surface area (Å²) in [6.07, 6.45) is 0. The maximum atomic E-state index is 9.78. The van der Waals surface area contributed by atoms with Gasteiger partial charge in [-0.15, -0.1) is 0 Å². The Morgan fingerprint density at radius 2 is 2.25 bits per heavy atom. The van der Waals surface area contributed by atoms with E-state index in [9.17, 15) is 4.79 Å². The van der Waals surface area contributed by atoms with E-state index >= 15 is 0 Å². The summed E-state index contributed by atoms with van der Waals surface area (Å²) in [5, 5.41) is 8.04. The van der Waals surface area contributed by atoms with Crippen molar-refractivity contribution in [3.05, 3.63) is 0 Å². The molecule has 0 aromatic heterocycles. The van der Waals surface area contributed by atoms with Crippen molar-refractivity contribution < 1.29 is 9.90 Å². The molecule has 0 aliphatic rings. The fourth-order valence-electron chi connectivity index (χ4n) is 0.0467. The molecule has 5 N–H and O–H groups in total. The Morgan fingerprint density at radius 1 is 1.88 bits per heavy atom. The number of carboxylic acids is 1. The van der Waals surface area contributed by atoms with E-state index in [4.69, 9.17) is 16.9 Å². The van der Waals surface area contributed by atoms with Gasteiger partial charge in [-0.1, -0.05) is 0 Å². The largest absolute Gasteiger partial charge is 0.480 e. The highest BCUT2D eigenvalue weighted by Crippen LogP contribution is 1.79. The van der Waals surface area contributed by atoms with Crippen molar-refractivity contribution in [1.29, 1.82) is 0 Å². The first-order valence-corrected chi connectivity index (χ1v) is 2.15.